The Morgan fingerprint density at radius 3 is 2.81 bits per heavy atom. The maximum Gasteiger partial charge on any atom is 0.119 e. The van der Waals surface area contributed by atoms with Crippen molar-refractivity contribution in [3.05, 3.63) is 60.3 Å². The summed E-state index contributed by atoms with van der Waals surface area (Å²) in [6.07, 6.45) is 1.83. The molecule has 0 aliphatic rings. The van der Waals surface area contributed by atoms with Crippen molar-refractivity contribution < 1.29 is 4.74 Å². The molecule has 0 fully saturated rings. The third-order valence-electron chi connectivity index (χ3n) is 3.60. The van der Waals surface area contributed by atoms with Crippen LogP contribution < -0.4 is 10.1 Å². The van der Waals surface area contributed by atoms with Gasteiger partial charge in [-0.25, -0.2) is 0 Å². The smallest absolute Gasteiger partial charge is 0.119 e. The van der Waals surface area contributed by atoms with E-state index in [0.717, 1.165) is 23.2 Å². The Morgan fingerprint density at radius 1 is 1.10 bits per heavy atom. The van der Waals surface area contributed by atoms with E-state index in [-0.39, 0.29) is 0 Å². The first-order valence-corrected chi connectivity index (χ1v) is 6.98. The van der Waals surface area contributed by atoms with Crippen LogP contribution in [0.3, 0.4) is 0 Å². The van der Waals surface area contributed by atoms with E-state index in [2.05, 4.69) is 46.7 Å². The Hall–Kier alpha value is -2.39. The fourth-order valence-corrected chi connectivity index (χ4v) is 2.55. The summed E-state index contributed by atoms with van der Waals surface area (Å²) < 4.78 is 5.32. The zero-order valence-electron chi connectivity index (χ0n) is 12.3. The van der Waals surface area contributed by atoms with E-state index in [0.29, 0.717) is 0 Å². The van der Waals surface area contributed by atoms with Crippen LogP contribution in [0, 0.1) is 0 Å². The summed E-state index contributed by atoms with van der Waals surface area (Å²) in [6, 6.07) is 16.6. The molecule has 0 amide bonds. The van der Waals surface area contributed by atoms with E-state index in [1.807, 2.05) is 25.4 Å². The molecule has 0 atom stereocenters. The Labute approximate surface area is 124 Å². The third-order valence-corrected chi connectivity index (χ3v) is 3.60. The van der Waals surface area contributed by atoms with Gasteiger partial charge in [0.2, 0.25) is 0 Å². The summed E-state index contributed by atoms with van der Waals surface area (Å²) in [4.78, 5) is 4.44. The van der Waals surface area contributed by atoms with Crippen LogP contribution in [0.1, 0.15) is 5.56 Å². The summed E-state index contributed by atoms with van der Waals surface area (Å²) in [5, 5.41) is 4.37. The normalized spacial score (nSPS) is 10.8. The molecule has 21 heavy (non-hydrogen) atoms. The first-order valence-electron chi connectivity index (χ1n) is 6.98. The highest BCUT2D eigenvalue weighted by molar-refractivity contribution is 5.84. The summed E-state index contributed by atoms with van der Waals surface area (Å²) in [7, 11) is 3.64. The lowest BCUT2D eigenvalue weighted by Crippen LogP contribution is -2.06. The SMILES string of the molecule is CNCc1cc(OC)ccc1-c1ccc2cccnc2c1. The zero-order chi connectivity index (χ0) is 14.7. The average Bonchev–Trinajstić information content (AvgIpc) is 2.54. The van der Waals surface area contributed by atoms with E-state index < -0.39 is 0 Å². The molecule has 3 rings (SSSR count). The maximum absolute atomic E-state index is 5.32. The molecule has 0 saturated carbocycles. The lowest BCUT2D eigenvalue weighted by molar-refractivity contribution is 0.414. The molecule has 0 aliphatic heterocycles. The van der Waals surface area contributed by atoms with Gasteiger partial charge in [0, 0.05) is 18.1 Å². The predicted molar refractivity (Wildman–Crippen MR) is 86.5 cm³/mol. The van der Waals surface area contributed by atoms with Gasteiger partial charge in [0.05, 0.1) is 12.6 Å². The molecule has 0 radical (unpaired) electrons. The van der Waals surface area contributed by atoms with E-state index in [1.54, 1.807) is 7.11 Å². The van der Waals surface area contributed by atoms with Gasteiger partial charge in [0.15, 0.2) is 0 Å². The van der Waals surface area contributed by atoms with Crippen LogP contribution in [0.2, 0.25) is 0 Å². The summed E-state index contributed by atoms with van der Waals surface area (Å²) in [6.45, 7) is 0.798. The molecule has 0 spiro atoms. The third kappa shape index (κ3) is 2.73. The Bertz CT molecular complexity index is 768. The number of hydrogen-bond donors (Lipinski definition) is 1. The summed E-state index contributed by atoms with van der Waals surface area (Å²) in [5.74, 6) is 0.878. The van der Waals surface area contributed by atoms with Crippen molar-refractivity contribution in [2.75, 3.05) is 14.2 Å². The van der Waals surface area contributed by atoms with Crippen molar-refractivity contribution in [1.82, 2.24) is 10.3 Å². The van der Waals surface area contributed by atoms with Crippen molar-refractivity contribution in [2.24, 2.45) is 0 Å². The first-order chi connectivity index (χ1) is 10.3. The molecule has 1 heterocycles. The minimum absolute atomic E-state index is 0.798. The van der Waals surface area contributed by atoms with E-state index in [1.165, 1.54) is 16.7 Å². The number of nitrogens with one attached hydrogen (secondary N) is 1. The number of benzene rings is 2. The van der Waals surface area contributed by atoms with Crippen LogP contribution in [0.15, 0.2) is 54.7 Å². The topological polar surface area (TPSA) is 34.1 Å². The number of fused-ring (bicyclic) bond motifs is 1. The van der Waals surface area contributed by atoms with Crippen LogP contribution >= 0.6 is 0 Å². The molecule has 1 aromatic heterocycles. The predicted octanol–water partition coefficient (Wildman–Crippen LogP) is 3.63. The molecule has 0 aliphatic carbocycles. The quantitative estimate of drug-likeness (QED) is 0.791. The van der Waals surface area contributed by atoms with Crippen LogP contribution in [0.25, 0.3) is 22.0 Å². The van der Waals surface area contributed by atoms with E-state index in [9.17, 15) is 0 Å². The van der Waals surface area contributed by atoms with Crippen LogP contribution in [-0.4, -0.2) is 19.1 Å². The highest BCUT2D eigenvalue weighted by atomic mass is 16.5. The number of hydrogen-bond acceptors (Lipinski definition) is 3. The highest BCUT2D eigenvalue weighted by Gasteiger charge is 2.07. The number of aromatic nitrogens is 1. The second-order valence-electron chi connectivity index (χ2n) is 4.96. The minimum Gasteiger partial charge on any atom is -0.497 e. The molecule has 0 bridgehead atoms. The van der Waals surface area contributed by atoms with E-state index in [4.69, 9.17) is 4.74 Å². The molecule has 3 aromatic rings. The van der Waals surface area contributed by atoms with Crippen molar-refractivity contribution in [3.63, 3.8) is 0 Å². The molecule has 106 valence electrons. The van der Waals surface area contributed by atoms with Crippen LogP contribution in [0.4, 0.5) is 0 Å². The largest absolute Gasteiger partial charge is 0.497 e. The van der Waals surface area contributed by atoms with Crippen LogP contribution in [-0.2, 0) is 6.54 Å². The van der Waals surface area contributed by atoms with Gasteiger partial charge in [-0.2, -0.15) is 0 Å². The van der Waals surface area contributed by atoms with Gasteiger partial charge < -0.3 is 10.1 Å². The van der Waals surface area contributed by atoms with Gasteiger partial charge in [0.1, 0.15) is 5.75 Å². The molecule has 0 saturated heterocycles. The van der Waals surface area contributed by atoms with E-state index >= 15 is 0 Å². The second kappa shape index (κ2) is 5.94. The number of pyridine rings is 1. The van der Waals surface area contributed by atoms with Crippen molar-refractivity contribution in [1.29, 1.82) is 0 Å². The molecule has 2 aromatic carbocycles. The Kier molecular flexibility index (Phi) is 3.84. The van der Waals surface area contributed by atoms with Crippen LogP contribution in [0.5, 0.6) is 5.75 Å². The number of nitrogens with zero attached hydrogens (tertiary/aromatic N) is 1. The standard InChI is InChI=1S/C18H18N2O/c1-19-12-15-10-16(21-2)7-8-17(15)14-6-5-13-4-3-9-20-18(13)11-14/h3-11,19H,12H2,1-2H3. The second-order valence-corrected chi connectivity index (χ2v) is 4.96. The van der Waals surface area contributed by atoms with Gasteiger partial charge >= 0.3 is 0 Å². The Balaban J connectivity index is 2.12. The lowest BCUT2D eigenvalue weighted by atomic mass is 9.98. The van der Waals surface area contributed by atoms with Crippen molar-refractivity contribution in [2.45, 2.75) is 6.54 Å². The molecule has 3 nitrogen and oxygen atoms in total. The average molecular weight is 278 g/mol. The number of rotatable bonds is 4. The fraction of sp³-hybridized carbons (Fsp3) is 0.167. The van der Waals surface area contributed by atoms with Gasteiger partial charge in [0.25, 0.3) is 0 Å². The monoisotopic (exact) mass is 278 g/mol. The molecular weight excluding hydrogens is 260 g/mol. The highest BCUT2D eigenvalue weighted by Crippen LogP contribution is 2.29. The molecule has 1 N–H and O–H groups in total. The molecular formula is C18H18N2O. The maximum atomic E-state index is 5.32. The van der Waals surface area contributed by atoms with Gasteiger partial charge in [-0.3, -0.25) is 4.98 Å². The Morgan fingerprint density at radius 2 is 2.00 bits per heavy atom. The molecule has 0 unspecified atom stereocenters. The lowest BCUT2D eigenvalue weighted by Gasteiger charge is -2.12. The van der Waals surface area contributed by atoms with Gasteiger partial charge in [-0.1, -0.05) is 24.3 Å². The fourth-order valence-electron chi connectivity index (χ4n) is 2.55. The first kappa shape index (κ1) is 13.6. The van der Waals surface area contributed by atoms with Gasteiger partial charge in [-0.15, -0.1) is 0 Å². The summed E-state index contributed by atoms with van der Waals surface area (Å²) >= 11 is 0. The zero-order valence-corrected chi connectivity index (χ0v) is 12.3. The number of methoxy groups -OCH3 is 1. The minimum atomic E-state index is 0.798. The molecule has 3 heteroatoms. The number of ether oxygens (including phenoxy) is 1. The van der Waals surface area contributed by atoms with Crippen molar-refractivity contribution >= 4 is 10.9 Å². The van der Waals surface area contributed by atoms with Gasteiger partial charge in [-0.05, 0) is 48.0 Å². The van der Waals surface area contributed by atoms with Crippen molar-refractivity contribution in [3.8, 4) is 16.9 Å². The summed E-state index contributed by atoms with van der Waals surface area (Å²) in [5.41, 5.74) is 4.61.